The van der Waals surface area contributed by atoms with E-state index in [9.17, 15) is 0 Å². The van der Waals surface area contributed by atoms with Gasteiger partial charge in [0.2, 0.25) is 0 Å². The van der Waals surface area contributed by atoms with E-state index in [-0.39, 0.29) is 51.3 Å². The Morgan fingerprint density at radius 3 is 1.44 bits per heavy atom. The number of fused-ring (bicyclic) bond motifs is 6. The Bertz CT molecular complexity index is 4140. The van der Waals surface area contributed by atoms with Crippen LogP contribution in [0.2, 0.25) is 39.3 Å². The summed E-state index contributed by atoms with van der Waals surface area (Å²) in [5.41, 5.74) is 10.9. The van der Waals surface area contributed by atoms with Crippen LogP contribution in [0.4, 0.5) is 0 Å². The van der Waals surface area contributed by atoms with Crippen LogP contribution in [0, 0.1) is 38.0 Å². The number of thiophene rings is 2. The van der Waals surface area contributed by atoms with Gasteiger partial charge in [-0.05, 0) is 129 Å². The smallest absolute Gasteiger partial charge is 0.0783 e. The Balaban J connectivity index is 0.000000140. The van der Waals surface area contributed by atoms with Crippen molar-refractivity contribution in [1.82, 2.24) is 19.9 Å². The number of hydrogen-bond donors (Lipinski definition) is 0. The van der Waals surface area contributed by atoms with Gasteiger partial charge in [-0.2, -0.15) is 22.7 Å². The monoisotopic (exact) mass is 1470 g/mol. The molecule has 6 aromatic carbocycles. The van der Waals surface area contributed by atoms with E-state index in [4.69, 9.17) is 18.2 Å². The van der Waals surface area contributed by atoms with Gasteiger partial charge in [0.05, 0.1) is 8.07 Å². The van der Waals surface area contributed by atoms with Gasteiger partial charge in [0.15, 0.2) is 0 Å². The maximum atomic E-state index is 7.23. The predicted octanol–water partition coefficient (Wildman–Crippen LogP) is 18.4. The molecule has 2 fully saturated rings. The summed E-state index contributed by atoms with van der Waals surface area (Å²) in [6, 6.07) is 65.7. The van der Waals surface area contributed by atoms with Crippen molar-refractivity contribution >= 4 is 89.5 Å². The van der Waals surface area contributed by atoms with Gasteiger partial charge in [0.25, 0.3) is 0 Å². The van der Waals surface area contributed by atoms with Gasteiger partial charge in [0.1, 0.15) is 0 Å². The molecule has 406 valence electrons. The molecule has 14 rings (SSSR count). The molecule has 0 atom stereocenters. The third-order valence-electron chi connectivity index (χ3n) is 14.2. The van der Waals surface area contributed by atoms with Crippen molar-refractivity contribution in [2.75, 3.05) is 0 Å². The molecule has 0 aliphatic heterocycles. The van der Waals surface area contributed by atoms with E-state index in [0.717, 1.165) is 56.9 Å². The summed E-state index contributed by atoms with van der Waals surface area (Å²) in [4.78, 5) is 17.8. The Labute approximate surface area is 518 Å². The molecule has 0 spiro atoms. The third kappa shape index (κ3) is 13.5. The van der Waals surface area contributed by atoms with E-state index in [2.05, 4.69) is 171 Å². The largest absolute Gasteiger partial charge is 0.304 e. The molecule has 10 heteroatoms. The summed E-state index contributed by atoms with van der Waals surface area (Å²) in [6.45, 7) is 10.4. The maximum Gasteiger partial charge on any atom is 0.0783 e. The van der Waals surface area contributed by atoms with Gasteiger partial charge < -0.3 is 19.9 Å². The van der Waals surface area contributed by atoms with Gasteiger partial charge in [-0.3, -0.25) is 0 Å². The molecule has 2 saturated carbocycles. The van der Waals surface area contributed by atoms with E-state index in [1.54, 1.807) is 41.6 Å². The molecular formula is C70H64Ir2N4S2Si2-4. The predicted molar refractivity (Wildman–Crippen MR) is 339 cm³/mol. The van der Waals surface area contributed by atoms with Crippen LogP contribution in [0.15, 0.2) is 183 Å². The molecule has 4 nitrogen and oxygen atoms in total. The van der Waals surface area contributed by atoms with Crippen molar-refractivity contribution in [2.24, 2.45) is 0 Å². The quantitative estimate of drug-likeness (QED) is 0.112. The first-order chi connectivity index (χ1) is 40.2. The summed E-state index contributed by atoms with van der Waals surface area (Å²) >= 11 is 3.77. The van der Waals surface area contributed by atoms with E-state index in [0.29, 0.717) is 0 Å². The van der Waals surface area contributed by atoms with Gasteiger partial charge in [-0.1, -0.05) is 134 Å². The Morgan fingerprint density at radius 2 is 0.950 bits per heavy atom. The summed E-state index contributed by atoms with van der Waals surface area (Å²) in [7, 11) is -2.87. The van der Waals surface area contributed by atoms with E-state index in [1.165, 1.54) is 94.7 Å². The molecule has 0 amide bonds. The summed E-state index contributed by atoms with van der Waals surface area (Å²) < 4.78 is 48.8. The van der Waals surface area contributed by atoms with Crippen LogP contribution in [0.1, 0.15) is 68.0 Å². The second kappa shape index (κ2) is 25.5. The third-order valence-corrected chi connectivity index (χ3v) is 20.6. The van der Waals surface area contributed by atoms with Crippen molar-refractivity contribution in [1.29, 1.82) is 0 Å². The van der Waals surface area contributed by atoms with Crippen molar-refractivity contribution in [3.8, 4) is 45.0 Å². The zero-order valence-electron chi connectivity index (χ0n) is 51.6. The number of hydrogen-bond acceptors (Lipinski definition) is 6. The second-order valence-electron chi connectivity index (χ2n) is 22.2. The number of pyridine rings is 4. The molecule has 2 aliphatic carbocycles. The van der Waals surface area contributed by atoms with E-state index < -0.39 is 29.9 Å². The molecular weight excluding hydrogens is 1400 g/mol. The number of aryl methyl sites for hydroxylation is 2. The minimum absolute atomic E-state index is 0. The Hall–Kier alpha value is -5.91. The molecule has 0 saturated heterocycles. The Kier molecular flexibility index (Phi) is 16.2. The van der Waals surface area contributed by atoms with Crippen LogP contribution in [0.25, 0.3) is 85.4 Å². The molecule has 6 heterocycles. The van der Waals surface area contributed by atoms with Crippen LogP contribution in [0.5, 0.6) is 0 Å². The normalized spacial score (nSPS) is 14.4. The first-order valence-corrected chi connectivity index (χ1v) is 35.3. The van der Waals surface area contributed by atoms with Gasteiger partial charge in [-0.15, -0.1) is 118 Å². The summed E-state index contributed by atoms with van der Waals surface area (Å²) in [5.74, 6) is 1.50. The standard InChI is InChI=1S/2C23H22NSSi.2C12H10N.2Ir/c1-26(2,3)21-9-5-8-20-22(21)18-7-4-6-17(23(18)25-20)19-13-12-16(14-24-19)15-10-11-15;1-26(2,3)21-13-11-17(19-12-10-16(14-24-19)15-8-9-15)23-22(21)18-6-4-5-7-20(18)25-23;2*1-10-7-8-12(13-9-10)11-5-3-2-4-6-11;;/h4-5,7-9,12-15H,10-11H2,1-3H3;4-7,10,12-15H,8-9H2,1-3H3;2*2-5,7-9H,1H3;;/q4*-1;;/i;;2*1D3;;. The first kappa shape index (κ1) is 51.0. The average Bonchev–Trinajstić information content (AvgIpc) is 1.96. The molecule has 2 aliphatic rings. The molecule has 0 N–H and O–H groups in total. The second-order valence-corrected chi connectivity index (χ2v) is 34.4. The van der Waals surface area contributed by atoms with Crippen LogP contribution < -0.4 is 10.4 Å². The number of nitrogens with zero attached hydrogens (tertiary/aromatic N) is 4. The van der Waals surface area contributed by atoms with E-state index in [1.807, 2.05) is 59.1 Å². The topological polar surface area (TPSA) is 51.6 Å². The van der Waals surface area contributed by atoms with Crippen LogP contribution >= 0.6 is 22.7 Å². The van der Waals surface area contributed by atoms with Crippen molar-refractivity contribution in [3.63, 3.8) is 0 Å². The fraction of sp³-hybridized carbons (Fsp3) is 0.200. The molecule has 2 radical (unpaired) electrons. The minimum atomic E-state index is -2.09. The van der Waals surface area contributed by atoms with Crippen LogP contribution in [0.3, 0.4) is 0 Å². The van der Waals surface area contributed by atoms with Crippen molar-refractivity contribution in [3.05, 3.63) is 229 Å². The zero-order chi connectivity index (χ0) is 59.0. The Morgan fingerprint density at radius 1 is 0.438 bits per heavy atom. The van der Waals surface area contributed by atoms with Gasteiger partial charge >= 0.3 is 0 Å². The zero-order valence-corrected chi connectivity index (χ0v) is 54.0. The van der Waals surface area contributed by atoms with Crippen LogP contribution in [-0.2, 0) is 40.2 Å². The van der Waals surface area contributed by atoms with E-state index >= 15 is 0 Å². The van der Waals surface area contributed by atoms with Gasteiger partial charge in [0, 0.05) is 90.7 Å². The SMILES string of the molecule is C[Si](C)(C)c1c[c-]c(-c2ccc(C3CC3)cn2)c2sc3ccccc3c12.C[Si](C)(C)c1cccc2sc3c(-c4ccc(C5CC5)cn4)[c-]ccc3c12.[2H]C([2H])([2H])c1ccc(-c2[c-]cccc2)nc1.[2H]C([2H])([2H])c1ccc(-c2[c-]cccc2)nc1.[Ir].[Ir]. The summed E-state index contributed by atoms with van der Waals surface area (Å²) in [6.07, 6.45) is 12.2. The number of aromatic nitrogens is 4. The number of rotatable bonds is 8. The fourth-order valence-electron chi connectivity index (χ4n) is 9.79. The maximum absolute atomic E-state index is 7.23. The molecule has 6 aromatic heterocycles. The average molecular weight is 1470 g/mol. The fourth-order valence-corrected chi connectivity index (χ4v) is 15.6. The minimum Gasteiger partial charge on any atom is -0.304 e. The molecule has 0 unspecified atom stereocenters. The van der Waals surface area contributed by atoms with Gasteiger partial charge in [-0.25, -0.2) is 0 Å². The molecule has 0 bridgehead atoms. The van der Waals surface area contributed by atoms with Crippen molar-refractivity contribution in [2.45, 2.75) is 90.5 Å². The van der Waals surface area contributed by atoms with Crippen molar-refractivity contribution < 1.29 is 48.4 Å². The number of benzene rings is 6. The molecule has 12 aromatic rings. The summed E-state index contributed by atoms with van der Waals surface area (Å²) in [5, 5.41) is 8.70. The van der Waals surface area contributed by atoms with Crippen LogP contribution in [-0.4, -0.2) is 36.1 Å². The molecule has 80 heavy (non-hydrogen) atoms. The first-order valence-electron chi connectivity index (χ1n) is 29.7.